The highest BCUT2D eigenvalue weighted by Crippen LogP contribution is 2.40. The van der Waals surface area contributed by atoms with Crippen LogP contribution in [0.1, 0.15) is 15.9 Å². The number of amides is 1. The maximum atomic E-state index is 15.4. The molecule has 0 aliphatic rings. The van der Waals surface area contributed by atoms with E-state index in [2.05, 4.69) is 10.3 Å². The Balaban J connectivity index is 1.55. The van der Waals surface area contributed by atoms with Crippen LogP contribution in [0.15, 0.2) is 72.8 Å². The van der Waals surface area contributed by atoms with E-state index in [0.717, 1.165) is 0 Å². The quantitative estimate of drug-likeness (QED) is 0.0531. The molecule has 0 radical (unpaired) electrons. The summed E-state index contributed by atoms with van der Waals surface area (Å²) >= 11 is 0. The molecule has 1 aromatic heterocycles. The first-order chi connectivity index (χ1) is 24.7. The fourth-order valence-corrected chi connectivity index (χ4v) is 5.28. The third-order valence-electron chi connectivity index (χ3n) is 7.85. The molecule has 51 heavy (non-hydrogen) atoms. The van der Waals surface area contributed by atoms with Gasteiger partial charge in [-0.25, -0.2) is 26.9 Å². The predicted molar refractivity (Wildman–Crippen MR) is 180 cm³/mol. The van der Waals surface area contributed by atoms with Crippen molar-refractivity contribution in [3.8, 4) is 45.4 Å². The van der Waals surface area contributed by atoms with Crippen LogP contribution in [0.4, 0.5) is 22.0 Å². The SMILES string of the molecule is COc1ccc(-c2nc(-c3c(F)c(F)c(F)c(F)c3F)n(Cc3ccc(C(=O)NCCOCCOCCN)cc3)c2-c2ccc(OC)cc2)cc1. The van der Waals surface area contributed by atoms with Gasteiger partial charge in [-0.1, -0.05) is 12.1 Å². The average molecular weight is 711 g/mol. The predicted octanol–water partition coefficient (Wildman–Crippen LogP) is 6.37. The lowest BCUT2D eigenvalue weighted by molar-refractivity contribution is 0.0511. The number of halogens is 5. The molecule has 0 unspecified atom stereocenters. The molecular weight excluding hydrogens is 675 g/mol. The number of carbonyl (C=O) groups excluding carboxylic acids is 1. The number of hydrogen-bond donors (Lipinski definition) is 2. The van der Waals surface area contributed by atoms with Gasteiger partial charge in [0, 0.05) is 36.3 Å². The molecule has 0 atom stereocenters. The van der Waals surface area contributed by atoms with Gasteiger partial charge in [0.1, 0.15) is 17.3 Å². The van der Waals surface area contributed by atoms with Crippen molar-refractivity contribution in [3.05, 3.63) is 113 Å². The highest BCUT2D eigenvalue weighted by molar-refractivity contribution is 5.94. The Hall–Kier alpha value is -5.31. The van der Waals surface area contributed by atoms with Crippen LogP contribution in [-0.4, -0.2) is 69.2 Å². The van der Waals surface area contributed by atoms with Gasteiger partial charge in [-0.3, -0.25) is 4.79 Å². The zero-order valence-corrected chi connectivity index (χ0v) is 27.8. The lowest BCUT2D eigenvalue weighted by Crippen LogP contribution is -2.27. The van der Waals surface area contributed by atoms with Crippen molar-refractivity contribution in [3.63, 3.8) is 0 Å². The first-order valence-electron chi connectivity index (χ1n) is 15.8. The van der Waals surface area contributed by atoms with Gasteiger partial charge in [0.2, 0.25) is 5.82 Å². The number of carbonyl (C=O) groups is 1. The number of rotatable bonds is 16. The Morgan fingerprint density at radius 2 is 1.24 bits per heavy atom. The molecule has 5 rings (SSSR count). The Morgan fingerprint density at radius 1 is 0.706 bits per heavy atom. The third-order valence-corrected chi connectivity index (χ3v) is 7.85. The minimum atomic E-state index is -2.28. The van der Waals surface area contributed by atoms with Gasteiger partial charge in [0.15, 0.2) is 23.3 Å². The van der Waals surface area contributed by atoms with Gasteiger partial charge >= 0.3 is 0 Å². The van der Waals surface area contributed by atoms with E-state index in [1.807, 2.05) is 0 Å². The summed E-state index contributed by atoms with van der Waals surface area (Å²) in [6.07, 6.45) is 0. The maximum Gasteiger partial charge on any atom is 0.251 e. The van der Waals surface area contributed by atoms with Crippen molar-refractivity contribution >= 4 is 5.91 Å². The molecule has 1 amide bonds. The fourth-order valence-electron chi connectivity index (χ4n) is 5.28. The van der Waals surface area contributed by atoms with Gasteiger partial charge in [-0.05, 0) is 66.2 Å². The first-order valence-corrected chi connectivity index (χ1v) is 15.8. The lowest BCUT2D eigenvalue weighted by Gasteiger charge is -2.16. The molecule has 0 saturated carbocycles. The molecule has 9 nitrogen and oxygen atoms in total. The highest BCUT2D eigenvalue weighted by atomic mass is 19.2. The molecule has 4 aromatic carbocycles. The molecule has 1 heterocycles. The number of aromatic nitrogens is 2. The summed E-state index contributed by atoms with van der Waals surface area (Å²) in [5.41, 5.74) is 6.53. The number of imidazole rings is 1. The fraction of sp³-hybridized carbons (Fsp3) is 0.243. The number of hydrogen-bond acceptors (Lipinski definition) is 7. The lowest BCUT2D eigenvalue weighted by atomic mass is 10.0. The van der Waals surface area contributed by atoms with Crippen LogP contribution in [0.3, 0.4) is 0 Å². The van der Waals surface area contributed by atoms with Gasteiger partial charge in [0.05, 0.1) is 57.6 Å². The van der Waals surface area contributed by atoms with Crippen molar-refractivity contribution in [2.75, 3.05) is 53.7 Å². The van der Waals surface area contributed by atoms with Gasteiger partial charge < -0.3 is 34.6 Å². The second-order valence-electron chi connectivity index (χ2n) is 11.1. The molecule has 0 bridgehead atoms. The molecule has 14 heteroatoms. The maximum absolute atomic E-state index is 15.4. The number of nitrogens with two attached hydrogens (primary N) is 1. The van der Waals surface area contributed by atoms with E-state index in [-0.39, 0.29) is 31.3 Å². The topological polar surface area (TPSA) is 110 Å². The average Bonchev–Trinajstić information content (AvgIpc) is 3.52. The summed E-state index contributed by atoms with van der Waals surface area (Å²) in [5, 5.41) is 2.75. The van der Waals surface area contributed by atoms with Crippen molar-refractivity contribution in [2.45, 2.75) is 6.54 Å². The number of ether oxygens (including phenoxy) is 4. The molecule has 268 valence electrons. The van der Waals surface area contributed by atoms with E-state index in [1.54, 1.807) is 72.8 Å². The van der Waals surface area contributed by atoms with Crippen LogP contribution in [0.5, 0.6) is 11.5 Å². The number of nitrogens with zero attached hydrogens (tertiary/aromatic N) is 2. The van der Waals surface area contributed by atoms with Crippen molar-refractivity contribution < 1.29 is 45.7 Å². The second-order valence-corrected chi connectivity index (χ2v) is 11.1. The van der Waals surface area contributed by atoms with E-state index in [9.17, 15) is 18.0 Å². The zero-order chi connectivity index (χ0) is 36.5. The van der Waals surface area contributed by atoms with Gasteiger partial charge in [-0.15, -0.1) is 0 Å². The van der Waals surface area contributed by atoms with E-state index < -0.39 is 40.5 Å². The molecule has 0 aliphatic carbocycles. The molecule has 5 aromatic rings. The zero-order valence-electron chi connectivity index (χ0n) is 27.8. The van der Waals surface area contributed by atoms with Gasteiger partial charge in [-0.2, -0.15) is 0 Å². The Morgan fingerprint density at radius 3 is 1.78 bits per heavy atom. The molecule has 3 N–H and O–H groups in total. The van der Waals surface area contributed by atoms with E-state index in [4.69, 9.17) is 24.7 Å². The smallest absolute Gasteiger partial charge is 0.251 e. The van der Waals surface area contributed by atoms with E-state index in [0.29, 0.717) is 65.8 Å². The standard InChI is InChI=1S/C37H35F5N4O5/c1-48-26-11-7-23(8-12-26)34-35(24-9-13-27(49-2)14-10-24)46(36(45-34)28-29(38)31(40)33(42)32(41)30(28)39)21-22-3-5-25(6-4-22)37(47)44-16-18-51-20-19-50-17-15-43/h3-14H,15-21,43H2,1-2H3,(H,44,47). The number of methoxy groups -OCH3 is 2. The van der Waals surface area contributed by atoms with Crippen LogP contribution < -0.4 is 20.5 Å². The Kier molecular flexibility index (Phi) is 12.4. The highest BCUT2D eigenvalue weighted by Gasteiger charge is 2.32. The molecule has 0 spiro atoms. The normalized spacial score (nSPS) is 11.1. The third kappa shape index (κ3) is 8.36. The summed E-state index contributed by atoms with van der Waals surface area (Å²) in [6.45, 7) is 1.96. The number of nitrogens with one attached hydrogen (secondary N) is 1. The first kappa shape index (κ1) is 37.0. The molecule has 0 aliphatic heterocycles. The second kappa shape index (κ2) is 17.1. The van der Waals surface area contributed by atoms with Crippen molar-refractivity contribution in [1.82, 2.24) is 14.9 Å². The Bertz CT molecular complexity index is 1920. The van der Waals surface area contributed by atoms with Crippen LogP contribution in [0, 0.1) is 29.1 Å². The van der Waals surface area contributed by atoms with Crippen LogP contribution in [0.2, 0.25) is 0 Å². The summed E-state index contributed by atoms with van der Waals surface area (Å²) in [7, 11) is 2.97. The molecule has 0 fully saturated rings. The summed E-state index contributed by atoms with van der Waals surface area (Å²) < 4.78 is 96.8. The van der Waals surface area contributed by atoms with Crippen LogP contribution in [-0.2, 0) is 16.0 Å². The minimum Gasteiger partial charge on any atom is -0.497 e. The van der Waals surface area contributed by atoms with Crippen LogP contribution in [0.25, 0.3) is 33.9 Å². The molecule has 0 saturated heterocycles. The Labute approximate surface area is 290 Å². The van der Waals surface area contributed by atoms with Crippen molar-refractivity contribution in [2.24, 2.45) is 5.73 Å². The number of benzene rings is 4. The van der Waals surface area contributed by atoms with Crippen molar-refractivity contribution in [1.29, 1.82) is 0 Å². The van der Waals surface area contributed by atoms with Gasteiger partial charge in [0.25, 0.3) is 5.91 Å². The summed E-state index contributed by atoms with van der Waals surface area (Å²) in [5.74, 6) is -10.4. The monoisotopic (exact) mass is 710 g/mol. The summed E-state index contributed by atoms with van der Waals surface area (Å²) in [6, 6.07) is 19.7. The van der Waals surface area contributed by atoms with Crippen LogP contribution >= 0.6 is 0 Å². The minimum absolute atomic E-state index is 0.138. The largest absolute Gasteiger partial charge is 0.497 e. The van der Waals surface area contributed by atoms with E-state index >= 15 is 8.78 Å². The molecular formula is C37H35F5N4O5. The van der Waals surface area contributed by atoms with E-state index in [1.165, 1.54) is 18.8 Å². The summed E-state index contributed by atoms with van der Waals surface area (Å²) in [4.78, 5) is 17.3.